The molecule has 0 unspecified atom stereocenters. The topological polar surface area (TPSA) is 65.1 Å². The second-order valence-corrected chi connectivity index (χ2v) is 5.52. The lowest BCUT2D eigenvalue weighted by molar-refractivity contribution is -0.132. The summed E-state index contributed by atoms with van der Waals surface area (Å²) in [4.78, 5) is 28.0. The molecule has 0 radical (unpaired) electrons. The Bertz CT molecular complexity index is 640. The van der Waals surface area contributed by atoms with Crippen molar-refractivity contribution >= 4 is 22.8 Å². The molecule has 1 aliphatic carbocycles. The fourth-order valence-electron chi connectivity index (χ4n) is 2.84. The molecule has 6 nitrogen and oxygen atoms in total. The highest BCUT2D eigenvalue weighted by molar-refractivity contribution is 5.87. The Morgan fingerprint density at radius 2 is 2.00 bits per heavy atom. The quantitative estimate of drug-likeness (QED) is 0.885. The number of H-pyrrole nitrogens is 1. The van der Waals surface area contributed by atoms with Crippen LogP contribution in [0, 0.1) is 5.92 Å². The highest BCUT2D eigenvalue weighted by atomic mass is 16.2. The van der Waals surface area contributed by atoms with Crippen LogP contribution in [0.1, 0.15) is 12.8 Å². The molecule has 2 aromatic rings. The van der Waals surface area contributed by atoms with Gasteiger partial charge in [-0.1, -0.05) is 0 Å². The van der Waals surface area contributed by atoms with E-state index in [1.54, 1.807) is 6.33 Å². The SMILES string of the molecule is O=C(C1CC1)N1CCN(c2ncnc3[nH]ccc23)CC1. The second-order valence-electron chi connectivity index (χ2n) is 5.52. The number of anilines is 1. The molecule has 1 N–H and O–H groups in total. The lowest BCUT2D eigenvalue weighted by atomic mass is 10.2. The van der Waals surface area contributed by atoms with Crippen molar-refractivity contribution in [2.24, 2.45) is 5.92 Å². The maximum atomic E-state index is 12.1. The number of fused-ring (bicyclic) bond motifs is 1. The third-order valence-corrected chi connectivity index (χ3v) is 4.15. The summed E-state index contributed by atoms with van der Waals surface area (Å²) in [6.07, 6.45) is 5.63. The highest BCUT2D eigenvalue weighted by Crippen LogP contribution is 2.31. The van der Waals surface area contributed by atoms with Gasteiger partial charge in [-0.2, -0.15) is 0 Å². The summed E-state index contributed by atoms with van der Waals surface area (Å²) in [5, 5.41) is 1.05. The molecule has 1 saturated carbocycles. The molecule has 20 heavy (non-hydrogen) atoms. The minimum absolute atomic E-state index is 0.317. The Morgan fingerprint density at radius 3 is 2.75 bits per heavy atom. The van der Waals surface area contributed by atoms with E-state index in [1.807, 2.05) is 17.2 Å². The van der Waals surface area contributed by atoms with Gasteiger partial charge in [0.05, 0.1) is 5.39 Å². The van der Waals surface area contributed by atoms with Gasteiger partial charge in [-0.25, -0.2) is 9.97 Å². The van der Waals surface area contributed by atoms with Gasteiger partial charge in [0, 0.05) is 38.3 Å². The lowest BCUT2D eigenvalue weighted by Gasteiger charge is -2.35. The van der Waals surface area contributed by atoms with Gasteiger partial charge in [-0.3, -0.25) is 4.79 Å². The number of aromatic amines is 1. The van der Waals surface area contributed by atoms with Crippen molar-refractivity contribution in [3.63, 3.8) is 0 Å². The Morgan fingerprint density at radius 1 is 1.20 bits per heavy atom. The van der Waals surface area contributed by atoms with E-state index >= 15 is 0 Å². The Hall–Kier alpha value is -2.11. The van der Waals surface area contributed by atoms with Crippen molar-refractivity contribution in [2.75, 3.05) is 31.1 Å². The van der Waals surface area contributed by atoms with Gasteiger partial charge < -0.3 is 14.8 Å². The summed E-state index contributed by atoms with van der Waals surface area (Å²) in [6, 6.07) is 2.01. The highest BCUT2D eigenvalue weighted by Gasteiger charge is 2.34. The molecule has 0 aromatic carbocycles. The molecule has 1 amide bonds. The van der Waals surface area contributed by atoms with E-state index in [0.29, 0.717) is 11.8 Å². The summed E-state index contributed by atoms with van der Waals surface area (Å²) >= 11 is 0. The predicted octanol–water partition coefficient (Wildman–Crippen LogP) is 1.02. The summed E-state index contributed by atoms with van der Waals surface area (Å²) in [5.74, 6) is 1.63. The molecule has 2 aromatic heterocycles. The van der Waals surface area contributed by atoms with Gasteiger partial charge in [0.25, 0.3) is 0 Å². The van der Waals surface area contributed by atoms with E-state index in [4.69, 9.17) is 0 Å². The third-order valence-electron chi connectivity index (χ3n) is 4.15. The number of rotatable bonds is 2. The zero-order chi connectivity index (χ0) is 13.5. The first-order chi connectivity index (χ1) is 9.83. The normalized spacial score (nSPS) is 19.6. The number of aromatic nitrogens is 3. The van der Waals surface area contributed by atoms with Crippen molar-refractivity contribution < 1.29 is 4.79 Å². The summed E-state index contributed by atoms with van der Waals surface area (Å²) in [6.45, 7) is 3.28. The van der Waals surface area contributed by atoms with Gasteiger partial charge >= 0.3 is 0 Å². The third kappa shape index (κ3) is 1.92. The Balaban J connectivity index is 1.51. The molecule has 0 atom stereocenters. The van der Waals surface area contributed by atoms with E-state index < -0.39 is 0 Å². The number of carbonyl (C=O) groups is 1. The van der Waals surface area contributed by atoms with Crippen molar-refractivity contribution in [3.05, 3.63) is 18.6 Å². The number of hydrogen-bond acceptors (Lipinski definition) is 4. The van der Waals surface area contributed by atoms with Crippen molar-refractivity contribution in [1.29, 1.82) is 0 Å². The molecule has 4 rings (SSSR count). The molecule has 104 valence electrons. The van der Waals surface area contributed by atoms with Crippen molar-refractivity contribution in [3.8, 4) is 0 Å². The van der Waals surface area contributed by atoms with E-state index in [9.17, 15) is 4.79 Å². The monoisotopic (exact) mass is 271 g/mol. The fraction of sp³-hybridized carbons (Fsp3) is 0.500. The van der Waals surface area contributed by atoms with Crippen molar-refractivity contribution in [1.82, 2.24) is 19.9 Å². The van der Waals surface area contributed by atoms with Crippen LogP contribution in [0.3, 0.4) is 0 Å². The number of piperazine rings is 1. The second kappa shape index (κ2) is 4.47. The fourth-order valence-corrected chi connectivity index (χ4v) is 2.84. The molecule has 6 heteroatoms. The molecule has 1 aliphatic heterocycles. The number of hydrogen-bond donors (Lipinski definition) is 1. The lowest BCUT2D eigenvalue weighted by Crippen LogP contribution is -2.49. The molecule has 0 bridgehead atoms. The van der Waals surface area contributed by atoms with E-state index in [2.05, 4.69) is 19.9 Å². The van der Waals surface area contributed by atoms with Crippen LogP contribution >= 0.6 is 0 Å². The van der Waals surface area contributed by atoms with E-state index in [0.717, 1.165) is 55.9 Å². The first-order valence-electron chi connectivity index (χ1n) is 7.15. The van der Waals surface area contributed by atoms with Gasteiger partial charge in [0.2, 0.25) is 5.91 Å². The van der Waals surface area contributed by atoms with E-state index in [-0.39, 0.29) is 0 Å². The van der Waals surface area contributed by atoms with Gasteiger partial charge in [-0.15, -0.1) is 0 Å². The average Bonchev–Trinajstić information content (AvgIpc) is 3.23. The number of carbonyl (C=O) groups excluding carboxylic acids is 1. The van der Waals surface area contributed by atoms with Crippen LogP contribution in [0.15, 0.2) is 18.6 Å². The number of nitrogens with zero attached hydrogens (tertiary/aromatic N) is 4. The number of amides is 1. The Labute approximate surface area is 116 Å². The van der Waals surface area contributed by atoms with Gasteiger partial charge in [0.1, 0.15) is 17.8 Å². The molecule has 0 spiro atoms. The minimum Gasteiger partial charge on any atom is -0.352 e. The maximum Gasteiger partial charge on any atom is 0.225 e. The first-order valence-corrected chi connectivity index (χ1v) is 7.15. The standard InChI is InChI=1S/C14H17N5O/c20-14(10-1-2-10)19-7-5-18(6-8-19)13-11-3-4-15-12(11)16-9-17-13/h3-4,9-10H,1-2,5-8H2,(H,15,16,17). The zero-order valence-corrected chi connectivity index (χ0v) is 11.2. The minimum atomic E-state index is 0.317. The summed E-state index contributed by atoms with van der Waals surface area (Å²) in [5.41, 5.74) is 0.867. The van der Waals surface area contributed by atoms with Crippen molar-refractivity contribution in [2.45, 2.75) is 12.8 Å². The summed E-state index contributed by atoms with van der Waals surface area (Å²) < 4.78 is 0. The first kappa shape index (κ1) is 11.7. The Kier molecular flexibility index (Phi) is 2.61. The molecule has 1 saturated heterocycles. The van der Waals surface area contributed by atoms with Gasteiger partial charge in [-0.05, 0) is 18.9 Å². The molecular formula is C14H17N5O. The van der Waals surface area contributed by atoms with Crippen LogP contribution in [-0.4, -0.2) is 51.9 Å². The molecule has 2 fully saturated rings. The summed E-state index contributed by atoms with van der Waals surface area (Å²) in [7, 11) is 0. The van der Waals surface area contributed by atoms with Crippen LogP contribution in [-0.2, 0) is 4.79 Å². The largest absolute Gasteiger partial charge is 0.352 e. The smallest absolute Gasteiger partial charge is 0.225 e. The number of nitrogens with one attached hydrogen (secondary N) is 1. The van der Waals surface area contributed by atoms with Crippen LogP contribution in [0.25, 0.3) is 11.0 Å². The zero-order valence-electron chi connectivity index (χ0n) is 11.2. The van der Waals surface area contributed by atoms with Crippen LogP contribution in [0.5, 0.6) is 0 Å². The van der Waals surface area contributed by atoms with Gasteiger partial charge in [0.15, 0.2) is 0 Å². The van der Waals surface area contributed by atoms with E-state index in [1.165, 1.54) is 0 Å². The predicted molar refractivity (Wildman–Crippen MR) is 75.4 cm³/mol. The molecule has 2 aliphatic rings. The molecule has 3 heterocycles. The maximum absolute atomic E-state index is 12.1. The van der Waals surface area contributed by atoms with Crippen LogP contribution < -0.4 is 4.90 Å². The van der Waals surface area contributed by atoms with Crippen LogP contribution in [0.4, 0.5) is 5.82 Å². The van der Waals surface area contributed by atoms with Crippen LogP contribution in [0.2, 0.25) is 0 Å². The molecular weight excluding hydrogens is 254 g/mol. The average molecular weight is 271 g/mol.